The van der Waals surface area contributed by atoms with E-state index >= 15 is 0 Å². The van der Waals surface area contributed by atoms with Gasteiger partial charge < -0.3 is 35.2 Å². The Hall–Kier alpha value is -4.24. The fourth-order valence-electron chi connectivity index (χ4n) is 9.39. The van der Waals surface area contributed by atoms with Crippen LogP contribution in [0.1, 0.15) is 127 Å². The highest BCUT2D eigenvalue weighted by Crippen LogP contribution is 2.45. The molecule has 2 aromatic heterocycles. The molecule has 9 heteroatoms. The van der Waals surface area contributed by atoms with E-state index in [-0.39, 0.29) is 42.8 Å². The fourth-order valence-corrected chi connectivity index (χ4v) is 9.39. The molecular weight excluding hydrogens is 677 g/mol. The summed E-state index contributed by atoms with van der Waals surface area (Å²) in [6.07, 6.45) is 13.5. The number of carbonyl (C=O) groups is 2. The van der Waals surface area contributed by atoms with E-state index in [1.54, 1.807) is 0 Å². The number of fused-ring (bicyclic) bond motifs is 8. The monoisotopic (exact) mass is 738 g/mol. The Morgan fingerprint density at radius 2 is 1.76 bits per heavy atom. The summed E-state index contributed by atoms with van der Waals surface area (Å²) in [7, 11) is 1.38. The van der Waals surface area contributed by atoms with E-state index in [0.717, 1.165) is 75.9 Å². The summed E-state index contributed by atoms with van der Waals surface area (Å²) >= 11 is 0. The third-order valence-electron chi connectivity index (χ3n) is 12.7. The summed E-state index contributed by atoms with van der Waals surface area (Å²) in [4.78, 5) is 34.2. The van der Waals surface area contributed by atoms with Crippen molar-refractivity contribution in [2.24, 2.45) is 29.6 Å². The molecule has 5 N–H and O–H groups in total. The molecular formula is C45H62N4O5. The van der Waals surface area contributed by atoms with Gasteiger partial charge in [0.1, 0.15) is 12.5 Å². The molecule has 6 atom stereocenters. The van der Waals surface area contributed by atoms with Crippen molar-refractivity contribution in [3.8, 4) is 0 Å². The maximum atomic E-state index is 13.6. The van der Waals surface area contributed by atoms with Crippen LogP contribution < -0.4 is 21.3 Å². The molecule has 4 aliphatic rings. The van der Waals surface area contributed by atoms with Gasteiger partial charge in [0.05, 0.1) is 19.3 Å². The second kappa shape index (κ2) is 16.2. The first kappa shape index (κ1) is 39.5. The molecule has 0 saturated carbocycles. The van der Waals surface area contributed by atoms with Crippen molar-refractivity contribution >= 4 is 29.7 Å². The number of aromatic nitrogens is 2. The lowest BCUT2D eigenvalue weighted by atomic mass is 9.80. The number of esters is 2. The molecule has 0 aromatic carbocycles. The zero-order chi connectivity index (χ0) is 39.0. The quantitative estimate of drug-likeness (QED) is 0.120. The van der Waals surface area contributed by atoms with Gasteiger partial charge in [-0.3, -0.25) is 9.59 Å². The van der Waals surface area contributed by atoms with Crippen molar-refractivity contribution in [2.75, 3.05) is 13.7 Å². The van der Waals surface area contributed by atoms with Crippen molar-refractivity contribution in [2.45, 2.75) is 119 Å². The third-order valence-corrected chi connectivity index (χ3v) is 12.7. The Kier molecular flexibility index (Phi) is 11.9. The highest BCUT2D eigenvalue weighted by molar-refractivity contribution is 5.88. The number of hydrogen-bond acceptors (Lipinski definition) is 7. The lowest BCUT2D eigenvalue weighted by Gasteiger charge is -2.27. The molecule has 1 fully saturated rings. The van der Waals surface area contributed by atoms with Crippen LogP contribution in [0.5, 0.6) is 0 Å². The normalized spacial score (nSPS) is 27.2. The Morgan fingerprint density at radius 1 is 1.00 bits per heavy atom. The zero-order valence-electron chi connectivity index (χ0n) is 34.1. The smallest absolute Gasteiger partial charge is 0.315 e. The van der Waals surface area contributed by atoms with Crippen LogP contribution in [0.25, 0.3) is 17.7 Å². The van der Waals surface area contributed by atoms with Crippen LogP contribution in [0.2, 0.25) is 0 Å². The topological polar surface area (TPSA) is 128 Å². The van der Waals surface area contributed by atoms with E-state index in [0.29, 0.717) is 12.3 Å². The molecule has 1 aliphatic carbocycles. The van der Waals surface area contributed by atoms with Crippen LogP contribution in [-0.4, -0.2) is 46.8 Å². The number of nitrogens with one attached hydrogen (secondary N) is 4. The van der Waals surface area contributed by atoms with Gasteiger partial charge in [-0.15, -0.1) is 0 Å². The molecule has 6 rings (SSSR count). The van der Waals surface area contributed by atoms with Crippen molar-refractivity contribution in [1.29, 1.82) is 0 Å². The predicted octanol–water partition coefficient (Wildman–Crippen LogP) is 6.80. The summed E-state index contributed by atoms with van der Waals surface area (Å²) in [6.45, 7) is 19.8. The van der Waals surface area contributed by atoms with E-state index in [1.165, 1.54) is 41.5 Å². The van der Waals surface area contributed by atoms with Gasteiger partial charge in [0.25, 0.3) is 0 Å². The van der Waals surface area contributed by atoms with Crippen LogP contribution in [0, 0.1) is 43.4 Å². The number of aliphatic hydroxyl groups excluding tert-OH is 1. The predicted molar refractivity (Wildman–Crippen MR) is 215 cm³/mol. The van der Waals surface area contributed by atoms with Crippen LogP contribution in [0.4, 0.5) is 0 Å². The summed E-state index contributed by atoms with van der Waals surface area (Å²) in [5.74, 6) is -0.720. The molecule has 8 bridgehead atoms. The van der Waals surface area contributed by atoms with E-state index in [1.807, 2.05) is 13.0 Å². The van der Waals surface area contributed by atoms with Crippen molar-refractivity contribution in [3.63, 3.8) is 0 Å². The number of aromatic amines is 2. The molecule has 1 saturated heterocycles. The summed E-state index contributed by atoms with van der Waals surface area (Å²) in [5, 5.41) is 21.2. The number of allylic oxidation sites excluding steroid dienone is 4. The minimum absolute atomic E-state index is 0.0192. The molecule has 54 heavy (non-hydrogen) atoms. The minimum Gasteiger partial charge on any atom is -0.468 e. The standard InChI is InChI=1S/C45H62N4O5/c1-11-29-25(6)32-20-34-27(8)31(16-17-38(50)54-19-18-24(5)15-13-14-23(3)4)42(48-34)40-41(45(52)53-10)44(51)39-28(9)35(49-43(39)40)22-37-30(12-2)26(7)33(47-37)21-36(29)46-32/h18,20-23,27,29,31,41-42,44,46-49,51H,11-17,19H2,1-10H3/b24-18+,34-20-,35-22-,36-21-/t27-,29+,31-,41+,42?,44+/m0/s1. The van der Waals surface area contributed by atoms with Crippen molar-refractivity contribution in [3.05, 3.63) is 84.7 Å². The van der Waals surface area contributed by atoms with Gasteiger partial charge in [0, 0.05) is 63.0 Å². The highest BCUT2D eigenvalue weighted by Gasteiger charge is 2.49. The average Bonchev–Trinajstić information content (AvgIpc) is 3.87. The second-order valence-corrected chi connectivity index (χ2v) is 16.4. The molecule has 0 radical (unpaired) electrons. The number of ether oxygens (including phenoxy) is 2. The van der Waals surface area contributed by atoms with Gasteiger partial charge in [-0.05, 0) is 124 Å². The Bertz CT molecular complexity index is 2040. The fraction of sp³-hybridized carbons (Fsp3) is 0.556. The van der Waals surface area contributed by atoms with Crippen LogP contribution in [0.15, 0.2) is 40.4 Å². The van der Waals surface area contributed by atoms with Gasteiger partial charge in [0.15, 0.2) is 0 Å². The first-order chi connectivity index (χ1) is 25.8. The van der Waals surface area contributed by atoms with Gasteiger partial charge in [-0.2, -0.15) is 0 Å². The Balaban J connectivity index is 1.44. The molecule has 9 nitrogen and oxygen atoms in total. The summed E-state index contributed by atoms with van der Waals surface area (Å²) in [6, 6.07) is -0.342. The number of hydrogen-bond donors (Lipinski definition) is 5. The van der Waals surface area contributed by atoms with E-state index < -0.39 is 18.0 Å². The highest BCUT2D eigenvalue weighted by atomic mass is 16.5. The van der Waals surface area contributed by atoms with E-state index in [9.17, 15) is 14.7 Å². The number of aliphatic hydroxyl groups is 1. The largest absolute Gasteiger partial charge is 0.468 e. The number of rotatable bonds is 12. The van der Waals surface area contributed by atoms with Crippen molar-refractivity contribution in [1.82, 2.24) is 20.6 Å². The lowest BCUT2D eigenvalue weighted by Crippen LogP contribution is -2.37. The maximum Gasteiger partial charge on any atom is 0.315 e. The second-order valence-electron chi connectivity index (χ2n) is 16.4. The Labute approximate surface area is 321 Å². The van der Waals surface area contributed by atoms with Gasteiger partial charge in [-0.25, -0.2) is 0 Å². The summed E-state index contributed by atoms with van der Waals surface area (Å²) < 4.78 is 11.1. The van der Waals surface area contributed by atoms with Crippen LogP contribution in [0.3, 0.4) is 0 Å². The SMILES string of the molecule is CCc1c2[nH]c(c1C)/C=C1\NC(=C(C)[C@H]1CC)/C=C1\NC(C3=c4[nH]/c(c(C)c4[C@@H](O)[C@@H]3C(=O)OC)=C\2)[C@@H](CCC(=O)OC/C=C(\C)CCCC(C)C)[C@@H]1C. The van der Waals surface area contributed by atoms with Gasteiger partial charge in [-0.1, -0.05) is 46.6 Å². The Morgan fingerprint density at radius 3 is 2.44 bits per heavy atom. The number of methoxy groups -OCH3 is 1. The zero-order valence-corrected chi connectivity index (χ0v) is 34.1. The molecule has 5 heterocycles. The molecule has 0 spiro atoms. The minimum atomic E-state index is -1.07. The molecule has 292 valence electrons. The van der Waals surface area contributed by atoms with Crippen molar-refractivity contribution < 1.29 is 24.2 Å². The van der Waals surface area contributed by atoms with Crippen LogP contribution in [-0.2, 0) is 25.5 Å². The molecule has 1 unspecified atom stereocenters. The number of H-pyrrole nitrogens is 2. The maximum absolute atomic E-state index is 13.6. The lowest BCUT2D eigenvalue weighted by molar-refractivity contribution is -0.147. The van der Waals surface area contributed by atoms with Gasteiger partial charge in [0.2, 0.25) is 0 Å². The third kappa shape index (κ3) is 7.40. The average molecular weight is 739 g/mol. The van der Waals surface area contributed by atoms with Crippen LogP contribution >= 0.6 is 0 Å². The van der Waals surface area contributed by atoms with E-state index in [2.05, 4.69) is 94.2 Å². The first-order valence-electron chi connectivity index (χ1n) is 20.2. The van der Waals surface area contributed by atoms with Gasteiger partial charge >= 0.3 is 11.9 Å². The first-order valence-corrected chi connectivity index (χ1v) is 20.2. The molecule has 2 aromatic rings. The van der Waals surface area contributed by atoms with E-state index in [4.69, 9.17) is 9.47 Å². The molecule has 3 aliphatic heterocycles. The number of carbonyl (C=O) groups excluding carboxylic acids is 2. The molecule has 0 amide bonds. The summed E-state index contributed by atoms with van der Waals surface area (Å²) in [5.41, 5.74) is 12.8.